The summed E-state index contributed by atoms with van der Waals surface area (Å²) in [5, 5.41) is 0. The fourth-order valence-corrected chi connectivity index (χ4v) is 3.04. The summed E-state index contributed by atoms with van der Waals surface area (Å²) in [4.78, 5) is 17.8. The number of hydrogen-bond acceptors (Lipinski definition) is 4. The quantitative estimate of drug-likeness (QED) is 0.609. The van der Waals surface area contributed by atoms with E-state index in [1.807, 2.05) is 0 Å². The van der Waals surface area contributed by atoms with Crippen molar-refractivity contribution in [3.05, 3.63) is 23.6 Å². The van der Waals surface area contributed by atoms with E-state index in [4.69, 9.17) is 5.84 Å². The van der Waals surface area contributed by atoms with Gasteiger partial charge in [-0.2, -0.15) is 0 Å². The lowest BCUT2D eigenvalue weighted by Crippen LogP contribution is -2.38. The van der Waals surface area contributed by atoms with Crippen LogP contribution in [-0.4, -0.2) is 28.4 Å². The van der Waals surface area contributed by atoms with Gasteiger partial charge in [-0.25, -0.2) is 15.2 Å². The number of rotatable bonds is 2. The van der Waals surface area contributed by atoms with Crippen molar-refractivity contribution in [2.45, 2.75) is 25.3 Å². The molecule has 2 bridgehead atoms. The lowest BCUT2D eigenvalue weighted by molar-refractivity contribution is 0.0699. The molecule has 2 unspecified atom stereocenters. The molecule has 2 atom stereocenters. The fraction of sp³-hybridized carbons (Fsp3) is 0.500. The van der Waals surface area contributed by atoms with E-state index in [2.05, 4.69) is 10.4 Å². The monoisotopic (exact) mass is 250 g/mol. The Balaban J connectivity index is 1.89. The van der Waals surface area contributed by atoms with Crippen LogP contribution in [0.1, 0.15) is 29.6 Å². The van der Waals surface area contributed by atoms with Crippen LogP contribution < -0.4 is 11.3 Å². The SMILES string of the molecule is NNc1nccc(C(=O)N2CC3CCC2C3)c1F. The number of aromatic nitrogens is 1. The Kier molecular flexibility index (Phi) is 2.66. The number of amides is 1. The van der Waals surface area contributed by atoms with Crippen molar-refractivity contribution in [2.24, 2.45) is 11.8 Å². The number of carbonyl (C=O) groups is 1. The summed E-state index contributed by atoms with van der Waals surface area (Å²) < 4.78 is 14.0. The highest BCUT2D eigenvalue weighted by atomic mass is 19.1. The van der Waals surface area contributed by atoms with Gasteiger partial charge in [0, 0.05) is 18.8 Å². The van der Waals surface area contributed by atoms with Crippen LogP contribution in [0.3, 0.4) is 0 Å². The second kappa shape index (κ2) is 4.20. The van der Waals surface area contributed by atoms with Crippen LogP contribution in [0.5, 0.6) is 0 Å². The van der Waals surface area contributed by atoms with Crippen molar-refractivity contribution in [1.29, 1.82) is 0 Å². The number of nitrogens with two attached hydrogens (primary N) is 1. The van der Waals surface area contributed by atoms with E-state index in [9.17, 15) is 9.18 Å². The van der Waals surface area contributed by atoms with Crippen molar-refractivity contribution in [1.82, 2.24) is 9.88 Å². The van der Waals surface area contributed by atoms with Gasteiger partial charge in [0.2, 0.25) is 0 Å². The lowest BCUT2D eigenvalue weighted by Gasteiger charge is -2.27. The van der Waals surface area contributed by atoms with Crippen LogP contribution in [-0.2, 0) is 0 Å². The molecule has 2 heterocycles. The molecule has 6 heteroatoms. The maximum Gasteiger partial charge on any atom is 0.257 e. The Morgan fingerprint density at radius 3 is 3.00 bits per heavy atom. The molecule has 2 aliphatic rings. The minimum absolute atomic E-state index is 0.0468. The highest BCUT2D eigenvalue weighted by molar-refractivity contribution is 5.95. The van der Waals surface area contributed by atoms with Crippen molar-refractivity contribution in [2.75, 3.05) is 12.0 Å². The van der Waals surface area contributed by atoms with E-state index < -0.39 is 5.82 Å². The molecule has 1 aromatic rings. The van der Waals surface area contributed by atoms with E-state index in [0.29, 0.717) is 5.92 Å². The molecule has 1 aliphatic carbocycles. The number of nitrogens with zero attached hydrogens (tertiary/aromatic N) is 2. The largest absolute Gasteiger partial charge is 0.335 e. The number of pyridine rings is 1. The smallest absolute Gasteiger partial charge is 0.257 e. The number of nitrogen functional groups attached to an aromatic ring is 1. The molecule has 1 amide bonds. The summed E-state index contributed by atoms with van der Waals surface area (Å²) in [6.45, 7) is 0.747. The standard InChI is InChI=1S/C12H15FN4O/c13-10-9(3-4-15-11(10)16-14)12(18)17-6-7-1-2-8(17)5-7/h3-4,7-8H,1-2,5-6,14H2,(H,15,16). The van der Waals surface area contributed by atoms with E-state index in [0.717, 1.165) is 19.4 Å². The fourth-order valence-electron chi connectivity index (χ4n) is 3.04. The van der Waals surface area contributed by atoms with Crippen molar-refractivity contribution < 1.29 is 9.18 Å². The van der Waals surface area contributed by atoms with Crippen LogP contribution in [0.4, 0.5) is 10.2 Å². The number of carbonyl (C=O) groups excluding carboxylic acids is 1. The minimum atomic E-state index is -0.673. The molecule has 1 aliphatic heterocycles. The topological polar surface area (TPSA) is 71.2 Å². The number of nitrogens with one attached hydrogen (secondary N) is 1. The number of hydrazine groups is 1. The van der Waals surface area contributed by atoms with Crippen LogP contribution in [0, 0.1) is 11.7 Å². The highest BCUT2D eigenvalue weighted by Crippen LogP contribution is 2.38. The van der Waals surface area contributed by atoms with Gasteiger partial charge in [-0.05, 0) is 31.2 Å². The molecule has 2 fully saturated rings. The number of anilines is 1. The van der Waals surface area contributed by atoms with Gasteiger partial charge in [-0.3, -0.25) is 4.79 Å². The third-order valence-electron chi connectivity index (χ3n) is 3.93. The maximum absolute atomic E-state index is 14.0. The molecule has 5 nitrogen and oxygen atoms in total. The number of fused-ring (bicyclic) bond motifs is 2. The lowest BCUT2D eigenvalue weighted by atomic mass is 10.1. The van der Waals surface area contributed by atoms with Crippen LogP contribution in [0.2, 0.25) is 0 Å². The van der Waals surface area contributed by atoms with Gasteiger partial charge < -0.3 is 10.3 Å². The Hall–Kier alpha value is -1.69. The van der Waals surface area contributed by atoms with Crippen LogP contribution in [0.25, 0.3) is 0 Å². The van der Waals surface area contributed by atoms with Gasteiger partial charge in [0.15, 0.2) is 11.6 Å². The third kappa shape index (κ3) is 1.64. The maximum atomic E-state index is 14.0. The third-order valence-corrected chi connectivity index (χ3v) is 3.93. The zero-order chi connectivity index (χ0) is 12.7. The van der Waals surface area contributed by atoms with Crippen molar-refractivity contribution in [3.63, 3.8) is 0 Å². The summed E-state index contributed by atoms with van der Waals surface area (Å²) in [6.07, 6.45) is 4.66. The first-order valence-electron chi connectivity index (χ1n) is 6.12. The zero-order valence-electron chi connectivity index (χ0n) is 9.90. The number of halogens is 1. The van der Waals surface area contributed by atoms with Crippen molar-refractivity contribution >= 4 is 11.7 Å². The summed E-state index contributed by atoms with van der Waals surface area (Å²) in [7, 11) is 0. The molecule has 0 aromatic carbocycles. The summed E-state index contributed by atoms with van der Waals surface area (Å²) in [5.74, 6) is 4.73. The van der Waals surface area contributed by atoms with Gasteiger partial charge in [-0.15, -0.1) is 0 Å². The van der Waals surface area contributed by atoms with Gasteiger partial charge >= 0.3 is 0 Å². The molecular formula is C12H15FN4O. The summed E-state index contributed by atoms with van der Waals surface area (Å²) >= 11 is 0. The van der Waals surface area contributed by atoms with Gasteiger partial charge in [0.05, 0.1) is 5.56 Å². The Labute approximate surface area is 104 Å². The normalized spacial score (nSPS) is 25.6. The number of piperidine rings is 1. The zero-order valence-corrected chi connectivity index (χ0v) is 9.90. The molecule has 1 aromatic heterocycles. The molecule has 3 N–H and O–H groups in total. The van der Waals surface area contributed by atoms with E-state index >= 15 is 0 Å². The molecule has 18 heavy (non-hydrogen) atoms. The highest BCUT2D eigenvalue weighted by Gasteiger charge is 2.41. The number of hydrogen-bond donors (Lipinski definition) is 2. The first-order chi connectivity index (χ1) is 8.70. The first-order valence-corrected chi connectivity index (χ1v) is 6.12. The van der Waals surface area contributed by atoms with Crippen LogP contribution in [0.15, 0.2) is 12.3 Å². The van der Waals surface area contributed by atoms with Gasteiger partial charge in [-0.1, -0.05) is 0 Å². The van der Waals surface area contributed by atoms with E-state index in [1.165, 1.54) is 18.7 Å². The van der Waals surface area contributed by atoms with Gasteiger partial charge in [0.25, 0.3) is 5.91 Å². The predicted octanol–water partition coefficient (Wildman–Crippen LogP) is 1.13. The van der Waals surface area contributed by atoms with E-state index in [-0.39, 0.29) is 23.3 Å². The minimum Gasteiger partial charge on any atom is -0.335 e. The second-order valence-electron chi connectivity index (χ2n) is 4.96. The molecular weight excluding hydrogens is 235 g/mol. The molecule has 0 radical (unpaired) electrons. The molecule has 0 spiro atoms. The molecule has 96 valence electrons. The molecule has 1 saturated carbocycles. The molecule has 1 saturated heterocycles. The molecule has 3 rings (SSSR count). The average Bonchev–Trinajstić information content (AvgIpc) is 3.00. The predicted molar refractivity (Wildman–Crippen MR) is 64.2 cm³/mol. The second-order valence-corrected chi connectivity index (χ2v) is 4.96. The first kappa shape index (κ1) is 11.4. The summed E-state index contributed by atoms with van der Waals surface area (Å²) in [5.41, 5.74) is 2.20. The number of likely N-dealkylation sites (tertiary alicyclic amines) is 1. The Morgan fingerprint density at radius 2 is 2.39 bits per heavy atom. The van der Waals surface area contributed by atoms with Crippen molar-refractivity contribution in [3.8, 4) is 0 Å². The van der Waals surface area contributed by atoms with Gasteiger partial charge in [0.1, 0.15) is 0 Å². The summed E-state index contributed by atoms with van der Waals surface area (Å²) in [6, 6.07) is 1.69. The average molecular weight is 250 g/mol. The van der Waals surface area contributed by atoms with E-state index in [1.54, 1.807) is 4.90 Å². The Bertz CT molecular complexity index is 493. The Morgan fingerprint density at radius 1 is 1.56 bits per heavy atom. The van der Waals surface area contributed by atoms with Crippen LogP contribution >= 0.6 is 0 Å².